The molecular formula is C24H25N3O4. The second-order valence-electron chi connectivity index (χ2n) is 7.88. The highest BCUT2D eigenvalue weighted by atomic mass is 16.5. The molecule has 0 fully saturated rings. The summed E-state index contributed by atoms with van der Waals surface area (Å²) in [5.74, 6) is 2.07. The van der Waals surface area contributed by atoms with Crippen molar-refractivity contribution in [3.8, 4) is 17.2 Å². The zero-order valence-corrected chi connectivity index (χ0v) is 17.6. The molecule has 2 atom stereocenters. The second kappa shape index (κ2) is 7.98. The number of methoxy groups -OCH3 is 2. The smallest absolute Gasteiger partial charge is 0.230 e. The number of amides is 1. The van der Waals surface area contributed by atoms with Gasteiger partial charge in [-0.15, -0.1) is 0 Å². The van der Waals surface area contributed by atoms with Gasteiger partial charge >= 0.3 is 0 Å². The zero-order valence-electron chi connectivity index (χ0n) is 17.6. The predicted octanol–water partition coefficient (Wildman–Crippen LogP) is 3.15. The highest BCUT2D eigenvalue weighted by Crippen LogP contribution is 2.39. The number of ether oxygens (including phenoxy) is 3. The van der Waals surface area contributed by atoms with Crippen LogP contribution in [0.4, 0.5) is 0 Å². The number of fused-ring (bicyclic) bond motifs is 2. The number of carbonyl (C=O) groups excluding carboxylic acids is 1. The number of nitrogens with zero attached hydrogens (tertiary/aromatic N) is 2. The molecular weight excluding hydrogens is 394 g/mol. The molecule has 2 aromatic carbocycles. The quantitative estimate of drug-likeness (QED) is 0.703. The summed E-state index contributed by atoms with van der Waals surface area (Å²) in [6.07, 6.45) is 3.09. The van der Waals surface area contributed by atoms with Crippen LogP contribution in [-0.4, -0.2) is 48.1 Å². The fourth-order valence-corrected chi connectivity index (χ4v) is 4.59. The van der Waals surface area contributed by atoms with Crippen LogP contribution in [0.1, 0.15) is 28.6 Å². The third-order valence-electron chi connectivity index (χ3n) is 6.16. The van der Waals surface area contributed by atoms with E-state index in [1.54, 1.807) is 20.5 Å². The van der Waals surface area contributed by atoms with E-state index >= 15 is 0 Å². The summed E-state index contributed by atoms with van der Waals surface area (Å²) in [4.78, 5) is 23.5. The lowest BCUT2D eigenvalue weighted by atomic mass is 9.91. The van der Waals surface area contributed by atoms with E-state index < -0.39 is 0 Å². The van der Waals surface area contributed by atoms with Crippen molar-refractivity contribution in [2.24, 2.45) is 5.92 Å². The third-order valence-corrected chi connectivity index (χ3v) is 6.16. The van der Waals surface area contributed by atoms with Crippen LogP contribution in [0.15, 0.2) is 48.8 Å². The highest BCUT2D eigenvalue weighted by molar-refractivity contribution is 5.81. The van der Waals surface area contributed by atoms with Crippen molar-refractivity contribution < 1.29 is 19.0 Å². The molecule has 7 heteroatoms. The van der Waals surface area contributed by atoms with Gasteiger partial charge in [-0.05, 0) is 35.7 Å². The molecule has 0 radical (unpaired) electrons. The average Bonchev–Trinajstić information content (AvgIpc) is 3.31. The fourth-order valence-electron chi connectivity index (χ4n) is 4.59. The Morgan fingerprint density at radius 2 is 2.00 bits per heavy atom. The molecule has 0 unspecified atom stereocenters. The first-order chi connectivity index (χ1) is 15.2. The Bertz CT molecular complexity index is 1090. The molecule has 1 aromatic heterocycles. The largest absolute Gasteiger partial charge is 0.497 e. The summed E-state index contributed by atoms with van der Waals surface area (Å²) in [5, 5.41) is 0. The summed E-state index contributed by atoms with van der Waals surface area (Å²) >= 11 is 0. The number of benzene rings is 2. The lowest BCUT2D eigenvalue weighted by Crippen LogP contribution is -2.46. The number of nitrogens with one attached hydrogen (secondary N) is 1. The number of aromatic amines is 1. The molecule has 1 amide bonds. The highest BCUT2D eigenvalue weighted by Gasteiger charge is 2.38. The number of H-pyrrole nitrogens is 1. The first-order valence-electron chi connectivity index (χ1n) is 10.4. The average molecular weight is 419 g/mol. The van der Waals surface area contributed by atoms with Gasteiger partial charge in [-0.2, -0.15) is 0 Å². The van der Waals surface area contributed by atoms with E-state index in [9.17, 15) is 4.79 Å². The van der Waals surface area contributed by atoms with Gasteiger partial charge in [-0.1, -0.05) is 24.3 Å². The van der Waals surface area contributed by atoms with E-state index in [2.05, 4.69) is 9.97 Å². The van der Waals surface area contributed by atoms with Crippen LogP contribution in [-0.2, 0) is 17.6 Å². The van der Waals surface area contributed by atoms with Crippen molar-refractivity contribution in [3.63, 3.8) is 0 Å². The summed E-state index contributed by atoms with van der Waals surface area (Å²) in [5.41, 5.74) is 4.01. The second-order valence-corrected chi connectivity index (χ2v) is 7.88. The monoisotopic (exact) mass is 419 g/mol. The van der Waals surface area contributed by atoms with Gasteiger partial charge in [-0.25, -0.2) is 4.98 Å². The zero-order chi connectivity index (χ0) is 21.4. The van der Waals surface area contributed by atoms with Crippen molar-refractivity contribution in [2.75, 3.05) is 27.4 Å². The molecule has 0 spiro atoms. The minimum atomic E-state index is -0.249. The van der Waals surface area contributed by atoms with E-state index in [-0.39, 0.29) is 17.9 Å². The number of hydrogen-bond acceptors (Lipinski definition) is 5. The van der Waals surface area contributed by atoms with E-state index in [1.807, 2.05) is 47.4 Å². The fraction of sp³-hybridized carbons (Fsp3) is 0.333. The molecule has 7 nitrogen and oxygen atoms in total. The number of para-hydroxylation sites is 1. The van der Waals surface area contributed by atoms with Crippen LogP contribution < -0.4 is 14.2 Å². The van der Waals surface area contributed by atoms with Crippen molar-refractivity contribution in [2.45, 2.75) is 18.9 Å². The molecule has 0 saturated carbocycles. The van der Waals surface area contributed by atoms with E-state index in [0.29, 0.717) is 25.3 Å². The maximum Gasteiger partial charge on any atom is 0.230 e. The summed E-state index contributed by atoms with van der Waals surface area (Å²) in [6, 6.07) is 13.4. The van der Waals surface area contributed by atoms with Crippen molar-refractivity contribution >= 4 is 5.91 Å². The van der Waals surface area contributed by atoms with Crippen LogP contribution in [0.3, 0.4) is 0 Å². The standard InChI is InChI=1S/C24H25N3O4/c1-29-18-8-6-15(7-9-18)22-21-19(25-14-26-21)10-11-27(22)24(28)17-12-16-4-3-5-20(30-2)23(16)31-13-17/h3-9,14,17,22H,10-13H2,1-2H3,(H,25,26)/t17-,22-/m0/s1. The van der Waals surface area contributed by atoms with Crippen LogP contribution in [0.5, 0.6) is 17.2 Å². The Balaban J connectivity index is 1.45. The molecule has 0 saturated heterocycles. The number of aromatic nitrogens is 2. The van der Waals surface area contributed by atoms with Gasteiger partial charge in [-0.3, -0.25) is 4.79 Å². The maximum atomic E-state index is 13.7. The maximum absolute atomic E-state index is 13.7. The van der Waals surface area contributed by atoms with Crippen molar-refractivity contribution in [3.05, 3.63) is 71.3 Å². The summed E-state index contributed by atoms with van der Waals surface area (Å²) in [7, 11) is 3.28. The minimum Gasteiger partial charge on any atom is -0.497 e. The van der Waals surface area contributed by atoms with Gasteiger partial charge in [0.15, 0.2) is 11.5 Å². The van der Waals surface area contributed by atoms with Gasteiger partial charge < -0.3 is 24.1 Å². The molecule has 0 aliphatic carbocycles. The van der Waals surface area contributed by atoms with Crippen LogP contribution in [0.25, 0.3) is 0 Å². The van der Waals surface area contributed by atoms with Crippen LogP contribution in [0, 0.1) is 5.92 Å². The molecule has 0 bridgehead atoms. The predicted molar refractivity (Wildman–Crippen MR) is 115 cm³/mol. The van der Waals surface area contributed by atoms with Gasteiger partial charge in [0.05, 0.1) is 32.2 Å². The van der Waals surface area contributed by atoms with Gasteiger partial charge in [0.25, 0.3) is 0 Å². The Labute approximate surface area is 181 Å². The van der Waals surface area contributed by atoms with E-state index in [4.69, 9.17) is 14.2 Å². The third kappa shape index (κ3) is 3.40. The number of rotatable bonds is 4. The number of hydrogen-bond donors (Lipinski definition) is 1. The molecule has 31 heavy (non-hydrogen) atoms. The Morgan fingerprint density at radius 3 is 2.77 bits per heavy atom. The molecule has 1 N–H and O–H groups in total. The minimum absolute atomic E-state index is 0.0861. The Kier molecular flexibility index (Phi) is 5.02. The van der Waals surface area contributed by atoms with Crippen LogP contribution >= 0.6 is 0 Å². The first-order valence-corrected chi connectivity index (χ1v) is 10.4. The Morgan fingerprint density at radius 1 is 1.16 bits per heavy atom. The summed E-state index contributed by atoms with van der Waals surface area (Å²) < 4.78 is 16.7. The van der Waals surface area contributed by atoms with E-state index in [0.717, 1.165) is 40.4 Å². The number of carbonyl (C=O) groups is 1. The molecule has 5 rings (SSSR count). The van der Waals surface area contributed by atoms with Crippen LogP contribution in [0.2, 0.25) is 0 Å². The topological polar surface area (TPSA) is 76.7 Å². The normalized spacial score (nSPS) is 19.7. The lowest BCUT2D eigenvalue weighted by molar-refractivity contribution is -0.139. The first kappa shape index (κ1) is 19.5. The lowest BCUT2D eigenvalue weighted by Gasteiger charge is -2.38. The molecule has 160 valence electrons. The molecule has 3 aromatic rings. The van der Waals surface area contributed by atoms with Gasteiger partial charge in [0.1, 0.15) is 18.4 Å². The molecule has 3 heterocycles. The van der Waals surface area contributed by atoms with E-state index in [1.165, 1.54) is 0 Å². The molecule has 2 aliphatic heterocycles. The van der Waals surface area contributed by atoms with Crippen molar-refractivity contribution in [1.29, 1.82) is 0 Å². The van der Waals surface area contributed by atoms with Gasteiger partial charge in [0.2, 0.25) is 5.91 Å². The summed E-state index contributed by atoms with van der Waals surface area (Å²) in [6.45, 7) is 0.970. The van der Waals surface area contributed by atoms with Gasteiger partial charge in [0, 0.05) is 18.7 Å². The Hall–Kier alpha value is -3.48. The SMILES string of the molecule is COc1ccc([C@H]2c3nc[nH]c3CCN2C(=O)[C@@H]2COc3c(cccc3OC)C2)cc1. The van der Waals surface area contributed by atoms with Crippen molar-refractivity contribution in [1.82, 2.24) is 14.9 Å². The number of imidazole rings is 1. The molecule has 2 aliphatic rings.